The highest BCUT2D eigenvalue weighted by Gasteiger charge is 2.02. The SMILES string of the molecule is [CH2]Cc1noc2ccccc12. The van der Waals surface area contributed by atoms with Crippen LogP contribution in [0.4, 0.5) is 0 Å². The average molecular weight is 146 g/mol. The van der Waals surface area contributed by atoms with Crippen LogP contribution in [0.3, 0.4) is 0 Å². The lowest BCUT2D eigenvalue weighted by Gasteiger charge is -1.85. The number of fused-ring (bicyclic) bond motifs is 1. The van der Waals surface area contributed by atoms with Crippen molar-refractivity contribution in [1.82, 2.24) is 5.16 Å². The summed E-state index contributed by atoms with van der Waals surface area (Å²) in [4.78, 5) is 0. The summed E-state index contributed by atoms with van der Waals surface area (Å²) in [6.45, 7) is 3.76. The van der Waals surface area contributed by atoms with Crippen LogP contribution in [0, 0.1) is 6.92 Å². The zero-order chi connectivity index (χ0) is 7.68. The van der Waals surface area contributed by atoms with Gasteiger partial charge in [-0.15, -0.1) is 0 Å². The molecular formula is C9H8NO. The number of benzene rings is 1. The Bertz CT molecular complexity index is 364. The number of rotatable bonds is 1. The molecular weight excluding hydrogens is 138 g/mol. The van der Waals surface area contributed by atoms with E-state index in [0.717, 1.165) is 16.7 Å². The van der Waals surface area contributed by atoms with Gasteiger partial charge in [-0.1, -0.05) is 17.3 Å². The minimum Gasteiger partial charge on any atom is -0.356 e. The van der Waals surface area contributed by atoms with E-state index in [9.17, 15) is 0 Å². The van der Waals surface area contributed by atoms with Gasteiger partial charge < -0.3 is 4.52 Å². The van der Waals surface area contributed by atoms with Crippen LogP contribution in [0.5, 0.6) is 0 Å². The van der Waals surface area contributed by atoms with E-state index in [2.05, 4.69) is 12.1 Å². The van der Waals surface area contributed by atoms with Crippen LogP contribution in [0.2, 0.25) is 0 Å². The highest BCUT2D eigenvalue weighted by atomic mass is 16.5. The van der Waals surface area contributed by atoms with Crippen molar-refractivity contribution in [3.63, 3.8) is 0 Å². The molecule has 55 valence electrons. The Hall–Kier alpha value is -1.31. The molecule has 0 aliphatic heterocycles. The third kappa shape index (κ3) is 0.909. The molecule has 0 atom stereocenters. The molecule has 0 bridgehead atoms. The molecule has 0 amide bonds. The number of hydrogen-bond donors (Lipinski definition) is 0. The van der Waals surface area contributed by atoms with E-state index in [1.54, 1.807) is 0 Å². The first-order chi connectivity index (χ1) is 5.42. The second-order valence-electron chi connectivity index (χ2n) is 2.38. The Kier molecular flexibility index (Phi) is 1.39. The van der Waals surface area contributed by atoms with Crippen molar-refractivity contribution in [3.8, 4) is 0 Å². The van der Waals surface area contributed by atoms with Gasteiger partial charge >= 0.3 is 0 Å². The molecule has 0 saturated heterocycles. The fraction of sp³-hybridized carbons (Fsp3) is 0.111. The zero-order valence-corrected chi connectivity index (χ0v) is 6.08. The molecule has 0 spiro atoms. The molecule has 0 aliphatic rings. The van der Waals surface area contributed by atoms with Crippen molar-refractivity contribution < 1.29 is 4.52 Å². The van der Waals surface area contributed by atoms with Gasteiger partial charge in [0, 0.05) is 5.39 Å². The maximum absolute atomic E-state index is 5.05. The van der Waals surface area contributed by atoms with Gasteiger partial charge in [-0.3, -0.25) is 0 Å². The Morgan fingerprint density at radius 1 is 1.36 bits per heavy atom. The van der Waals surface area contributed by atoms with Gasteiger partial charge in [0.1, 0.15) is 0 Å². The van der Waals surface area contributed by atoms with Crippen LogP contribution < -0.4 is 0 Å². The van der Waals surface area contributed by atoms with Gasteiger partial charge in [0.15, 0.2) is 5.58 Å². The molecule has 1 heterocycles. The first kappa shape index (κ1) is 6.40. The van der Waals surface area contributed by atoms with Gasteiger partial charge in [-0.05, 0) is 25.5 Å². The molecule has 0 saturated carbocycles. The van der Waals surface area contributed by atoms with E-state index in [1.165, 1.54) is 0 Å². The summed E-state index contributed by atoms with van der Waals surface area (Å²) < 4.78 is 5.05. The molecule has 2 aromatic rings. The Morgan fingerprint density at radius 3 is 3.00 bits per heavy atom. The fourth-order valence-corrected chi connectivity index (χ4v) is 1.12. The third-order valence-corrected chi connectivity index (χ3v) is 1.69. The molecule has 1 aromatic carbocycles. The number of hydrogen-bond acceptors (Lipinski definition) is 2. The van der Waals surface area contributed by atoms with Crippen molar-refractivity contribution >= 4 is 11.0 Å². The Balaban J connectivity index is 2.76. The zero-order valence-electron chi connectivity index (χ0n) is 6.08. The maximum atomic E-state index is 5.05. The number of para-hydroxylation sites is 1. The van der Waals surface area contributed by atoms with Crippen LogP contribution in [-0.2, 0) is 6.42 Å². The second kappa shape index (κ2) is 2.38. The summed E-state index contributed by atoms with van der Waals surface area (Å²) in [6.07, 6.45) is 0.678. The molecule has 1 aromatic heterocycles. The van der Waals surface area contributed by atoms with Crippen molar-refractivity contribution in [3.05, 3.63) is 36.9 Å². The molecule has 2 heteroatoms. The molecule has 1 radical (unpaired) electrons. The van der Waals surface area contributed by atoms with Crippen LogP contribution >= 0.6 is 0 Å². The normalized spacial score (nSPS) is 10.6. The standard InChI is InChI=1S/C9H8NO/c1-2-8-7-5-3-4-6-9(7)11-10-8/h3-6H,1-2H2. The quantitative estimate of drug-likeness (QED) is 0.616. The molecule has 11 heavy (non-hydrogen) atoms. The summed E-state index contributed by atoms with van der Waals surface area (Å²) in [5.74, 6) is 0. The van der Waals surface area contributed by atoms with E-state index < -0.39 is 0 Å². The highest BCUT2D eigenvalue weighted by molar-refractivity contribution is 5.79. The average Bonchev–Trinajstić information content (AvgIpc) is 2.47. The van der Waals surface area contributed by atoms with Gasteiger partial charge in [0.05, 0.1) is 5.69 Å². The van der Waals surface area contributed by atoms with E-state index in [4.69, 9.17) is 4.52 Å². The van der Waals surface area contributed by atoms with Crippen molar-refractivity contribution in [2.24, 2.45) is 0 Å². The monoisotopic (exact) mass is 146 g/mol. The van der Waals surface area contributed by atoms with Gasteiger partial charge in [-0.25, -0.2) is 0 Å². The largest absolute Gasteiger partial charge is 0.356 e. The van der Waals surface area contributed by atoms with Crippen molar-refractivity contribution in [2.75, 3.05) is 0 Å². The minimum absolute atomic E-state index is 0.678. The Morgan fingerprint density at radius 2 is 2.18 bits per heavy atom. The summed E-state index contributed by atoms with van der Waals surface area (Å²) in [6, 6.07) is 7.80. The molecule has 2 rings (SSSR count). The molecule has 0 N–H and O–H groups in total. The number of aromatic nitrogens is 1. The predicted octanol–water partition coefficient (Wildman–Crippen LogP) is 2.20. The minimum atomic E-state index is 0.678. The van der Waals surface area contributed by atoms with E-state index in [1.807, 2.05) is 24.3 Å². The molecule has 0 fully saturated rings. The second-order valence-corrected chi connectivity index (χ2v) is 2.38. The van der Waals surface area contributed by atoms with Gasteiger partial charge in [0.2, 0.25) is 0 Å². The van der Waals surface area contributed by atoms with Crippen molar-refractivity contribution in [1.29, 1.82) is 0 Å². The molecule has 0 aliphatic carbocycles. The molecule has 0 unspecified atom stereocenters. The molecule has 2 nitrogen and oxygen atoms in total. The first-order valence-corrected chi connectivity index (χ1v) is 3.54. The topological polar surface area (TPSA) is 26.0 Å². The first-order valence-electron chi connectivity index (χ1n) is 3.54. The smallest absolute Gasteiger partial charge is 0.167 e. The fourth-order valence-electron chi connectivity index (χ4n) is 1.12. The Labute approximate surface area is 64.8 Å². The highest BCUT2D eigenvalue weighted by Crippen LogP contribution is 2.17. The predicted molar refractivity (Wildman–Crippen MR) is 43.1 cm³/mol. The van der Waals surface area contributed by atoms with Crippen LogP contribution in [0.15, 0.2) is 28.8 Å². The summed E-state index contributed by atoms with van der Waals surface area (Å²) >= 11 is 0. The summed E-state index contributed by atoms with van der Waals surface area (Å²) in [7, 11) is 0. The summed E-state index contributed by atoms with van der Waals surface area (Å²) in [5, 5.41) is 4.95. The lowest BCUT2D eigenvalue weighted by atomic mass is 10.2. The van der Waals surface area contributed by atoms with Gasteiger partial charge in [0.25, 0.3) is 0 Å². The van der Waals surface area contributed by atoms with E-state index in [0.29, 0.717) is 6.42 Å². The van der Waals surface area contributed by atoms with E-state index >= 15 is 0 Å². The van der Waals surface area contributed by atoms with E-state index in [-0.39, 0.29) is 0 Å². The van der Waals surface area contributed by atoms with Gasteiger partial charge in [-0.2, -0.15) is 0 Å². The van der Waals surface area contributed by atoms with Crippen LogP contribution in [0.25, 0.3) is 11.0 Å². The van der Waals surface area contributed by atoms with Crippen molar-refractivity contribution in [2.45, 2.75) is 6.42 Å². The lowest BCUT2D eigenvalue weighted by Crippen LogP contribution is -1.77. The third-order valence-electron chi connectivity index (χ3n) is 1.69. The van der Waals surface area contributed by atoms with Crippen LogP contribution in [0.1, 0.15) is 5.69 Å². The summed E-state index contributed by atoms with van der Waals surface area (Å²) in [5.41, 5.74) is 1.77. The van der Waals surface area contributed by atoms with Crippen LogP contribution in [-0.4, -0.2) is 5.16 Å². The number of nitrogens with zero attached hydrogens (tertiary/aromatic N) is 1. The lowest BCUT2D eigenvalue weighted by molar-refractivity contribution is 0.448. The maximum Gasteiger partial charge on any atom is 0.167 e.